The second-order valence-electron chi connectivity index (χ2n) is 5.20. The molecule has 0 radical (unpaired) electrons. The third kappa shape index (κ3) is 2.67. The smallest absolute Gasteiger partial charge is 0.188 e. The maximum atomic E-state index is 12.4. The molecular weight excluding hydrogens is 264 g/mol. The summed E-state index contributed by atoms with van der Waals surface area (Å²) in [4.78, 5) is 21.0. The quantitative estimate of drug-likeness (QED) is 0.689. The minimum atomic E-state index is -0.0457. The molecule has 0 bridgehead atoms. The van der Waals surface area contributed by atoms with E-state index in [-0.39, 0.29) is 18.2 Å². The van der Waals surface area contributed by atoms with E-state index in [0.717, 1.165) is 10.9 Å². The number of hydrogen-bond acceptors (Lipinski definition) is 4. The number of para-hydroxylation sites is 1. The molecule has 0 aliphatic heterocycles. The number of carbonyl (C=O) groups is 1. The molecule has 0 N–H and O–H groups in total. The Bertz CT molecular complexity index is 792. The highest BCUT2D eigenvalue weighted by atomic mass is 16.1. The number of ketones is 1. The molecule has 0 aliphatic carbocycles. The SMILES string of the molecule is CC(C)n1ncnc1CC(=O)c1ccc2ccccc2n1. The van der Waals surface area contributed by atoms with Crippen LogP contribution in [0, 0.1) is 0 Å². The van der Waals surface area contributed by atoms with Gasteiger partial charge in [-0.3, -0.25) is 4.79 Å². The fraction of sp³-hybridized carbons (Fsp3) is 0.250. The highest BCUT2D eigenvalue weighted by Crippen LogP contribution is 2.14. The number of rotatable bonds is 4. The third-order valence-corrected chi connectivity index (χ3v) is 3.34. The Labute approximate surface area is 122 Å². The predicted molar refractivity (Wildman–Crippen MR) is 80.2 cm³/mol. The second kappa shape index (κ2) is 5.44. The van der Waals surface area contributed by atoms with Gasteiger partial charge in [-0.2, -0.15) is 5.10 Å². The zero-order chi connectivity index (χ0) is 14.8. The van der Waals surface area contributed by atoms with Crippen molar-refractivity contribution >= 4 is 16.7 Å². The number of aromatic nitrogens is 4. The molecule has 0 aliphatic rings. The van der Waals surface area contributed by atoms with Crippen LogP contribution in [0.15, 0.2) is 42.7 Å². The Morgan fingerprint density at radius 3 is 2.81 bits per heavy atom. The number of nitrogens with zero attached hydrogens (tertiary/aromatic N) is 4. The number of pyridine rings is 1. The molecule has 0 amide bonds. The highest BCUT2D eigenvalue weighted by molar-refractivity contribution is 5.97. The number of Topliss-reactive ketones (excluding diaryl/α,β-unsaturated/α-hetero) is 1. The molecule has 0 spiro atoms. The molecule has 1 aromatic carbocycles. The lowest BCUT2D eigenvalue weighted by Crippen LogP contribution is -2.14. The number of hydrogen-bond donors (Lipinski definition) is 0. The summed E-state index contributed by atoms with van der Waals surface area (Å²) in [5.74, 6) is 0.626. The first kappa shape index (κ1) is 13.4. The maximum Gasteiger partial charge on any atom is 0.188 e. The van der Waals surface area contributed by atoms with Crippen LogP contribution in [0.1, 0.15) is 36.2 Å². The molecule has 0 saturated carbocycles. The summed E-state index contributed by atoms with van der Waals surface area (Å²) in [5, 5.41) is 5.17. The lowest BCUT2D eigenvalue weighted by atomic mass is 10.1. The van der Waals surface area contributed by atoms with E-state index in [1.807, 2.05) is 44.2 Å². The molecule has 3 rings (SSSR count). The summed E-state index contributed by atoms with van der Waals surface area (Å²) < 4.78 is 1.76. The van der Waals surface area contributed by atoms with Gasteiger partial charge in [-0.15, -0.1) is 0 Å². The zero-order valence-corrected chi connectivity index (χ0v) is 12.0. The van der Waals surface area contributed by atoms with E-state index in [1.165, 1.54) is 6.33 Å². The topological polar surface area (TPSA) is 60.7 Å². The van der Waals surface area contributed by atoms with Crippen molar-refractivity contribution in [1.29, 1.82) is 0 Å². The average molecular weight is 280 g/mol. The molecule has 3 aromatic rings. The van der Waals surface area contributed by atoms with Gasteiger partial charge in [-0.1, -0.05) is 24.3 Å². The first-order chi connectivity index (χ1) is 10.1. The average Bonchev–Trinajstić information content (AvgIpc) is 2.95. The molecule has 0 saturated heterocycles. The van der Waals surface area contributed by atoms with Gasteiger partial charge in [0.2, 0.25) is 0 Å². The van der Waals surface area contributed by atoms with Crippen LogP contribution in [0.5, 0.6) is 0 Å². The van der Waals surface area contributed by atoms with Crippen molar-refractivity contribution in [3.8, 4) is 0 Å². The molecule has 0 atom stereocenters. The van der Waals surface area contributed by atoms with E-state index >= 15 is 0 Å². The Morgan fingerprint density at radius 2 is 2.00 bits per heavy atom. The molecule has 5 heteroatoms. The van der Waals surface area contributed by atoms with Gasteiger partial charge in [0.1, 0.15) is 17.8 Å². The Morgan fingerprint density at radius 1 is 1.19 bits per heavy atom. The maximum absolute atomic E-state index is 12.4. The van der Waals surface area contributed by atoms with Crippen LogP contribution in [0.2, 0.25) is 0 Å². The molecular formula is C16H16N4O. The molecule has 21 heavy (non-hydrogen) atoms. The van der Waals surface area contributed by atoms with E-state index < -0.39 is 0 Å². The van der Waals surface area contributed by atoms with Gasteiger partial charge in [0.25, 0.3) is 0 Å². The van der Waals surface area contributed by atoms with Crippen molar-refractivity contribution in [3.63, 3.8) is 0 Å². The van der Waals surface area contributed by atoms with Crippen molar-refractivity contribution < 1.29 is 4.79 Å². The summed E-state index contributed by atoms with van der Waals surface area (Å²) in [5.41, 5.74) is 1.29. The first-order valence-electron chi connectivity index (χ1n) is 6.92. The van der Waals surface area contributed by atoms with Crippen LogP contribution < -0.4 is 0 Å². The van der Waals surface area contributed by atoms with Gasteiger partial charge in [0.15, 0.2) is 5.78 Å². The lowest BCUT2D eigenvalue weighted by Gasteiger charge is -2.08. The van der Waals surface area contributed by atoms with Crippen LogP contribution >= 0.6 is 0 Å². The third-order valence-electron chi connectivity index (χ3n) is 3.34. The monoisotopic (exact) mass is 280 g/mol. The van der Waals surface area contributed by atoms with Crippen molar-refractivity contribution in [2.45, 2.75) is 26.3 Å². The number of benzene rings is 1. The minimum Gasteiger partial charge on any atom is -0.292 e. The summed E-state index contributed by atoms with van der Waals surface area (Å²) in [6, 6.07) is 11.6. The molecule has 0 fully saturated rings. The van der Waals surface area contributed by atoms with Gasteiger partial charge in [0.05, 0.1) is 11.9 Å². The molecule has 2 aromatic heterocycles. The number of fused-ring (bicyclic) bond motifs is 1. The summed E-state index contributed by atoms with van der Waals surface area (Å²) in [6.07, 6.45) is 1.69. The van der Waals surface area contributed by atoms with Gasteiger partial charge in [-0.05, 0) is 26.0 Å². The van der Waals surface area contributed by atoms with E-state index in [2.05, 4.69) is 15.1 Å². The Kier molecular flexibility index (Phi) is 3.48. The molecule has 2 heterocycles. The van der Waals surface area contributed by atoms with Crippen molar-refractivity contribution in [1.82, 2.24) is 19.7 Å². The molecule has 106 valence electrons. The first-order valence-corrected chi connectivity index (χ1v) is 6.92. The van der Waals surface area contributed by atoms with Crippen LogP contribution in [0.4, 0.5) is 0 Å². The van der Waals surface area contributed by atoms with Crippen LogP contribution in [-0.2, 0) is 6.42 Å². The molecule has 5 nitrogen and oxygen atoms in total. The van der Waals surface area contributed by atoms with Gasteiger partial charge in [-0.25, -0.2) is 14.6 Å². The minimum absolute atomic E-state index is 0.0457. The summed E-state index contributed by atoms with van der Waals surface area (Å²) >= 11 is 0. The van der Waals surface area contributed by atoms with Gasteiger partial charge in [0, 0.05) is 11.4 Å². The van der Waals surface area contributed by atoms with E-state index in [1.54, 1.807) is 10.7 Å². The zero-order valence-electron chi connectivity index (χ0n) is 12.0. The fourth-order valence-corrected chi connectivity index (χ4v) is 2.29. The summed E-state index contributed by atoms with van der Waals surface area (Å²) in [6.45, 7) is 4.02. The molecule has 0 unspecified atom stereocenters. The second-order valence-corrected chi connectivity index (χ2v) is 5.20. The van der Waals surface area contributed by atoms with E-state index in [9.17, 15) is 4.79 Å². The Balaban J connectivity index is 1.88. The van der Waals surface area contributed by atoms with E-state index in [0.29, 0.717) is 11.5 Å². The van der Waals surface area contributed by atoms with Gasteiger partial charge < -0.3 is 0 Å². The standard InChI is InChI=1S/C16H16N4O/c1-11(2)20-16(17-10-18-20)9-15(21)14-8-7-12-5-3-4-6-13(12)19-14/h3-8,10-11H,9H2,1-2H3. The van der Waals surface area contributed by atoms with Crippen molar-refractivity contribution in [2.24, 2.45) is 0 Å². The fourth-order valence-electron chi connectivity index (χ4n) is 2.29. The normalized spacial score (nSPS) is 11.2. The van der Waals surface area contributed by atoms with Gasteiger partial charge >= 0.3 is 0 Å². The largest absolute Gasteiger partial charge is 0.292 e. The van der Waals surface area contributed by atoms with Crippen LogP contribution in [0.3, 0.4) is 0 Å². The van der Waals surface area contributed by atoms with Crippen molar-refractivity contribution in [3.05, 3.63) is 54.2 Å². The summed E-state index contributed by atoms with van der Waals surface area (Å²) in [7, 11) is 0. The lowest BCUT2D eigenvalue weighted by molar-refractivity contribution is 0.0984. The highest BCUT2D eigenvalue weighted by Gasteiger charge is 2.15. The Hall–Kier alpha value is -2.56. The van der Waals surface area contributed by atoms with Crippen LogP contribution in [0.25, 0.3) is 10.9 Å². The van der Waals surface area contributed by atoms with E-state index in [4.69, 9.17) is 0 Å². The van der Waals surface area contributed by atoms with Crippen LogP contribution in [-0.4, -0.2) is 25.5 Å². The predicted octanol–water partition coefficient (Wildman–Crippen LogP) is 2.83. The number of carbonyl (C=O) groups excluding carboxylic acids is 1. The van der Waals surface area contributed by atoms with Crippen molar-refractivity contribution in [2.75, 3.05) is 0 Å².